The zero-order valence-corrected chi connectivity index (χ0v) is 12.4. The molecule has 0 saturated carbocycles. The smallest absolute Gasteiger partial charge is 0.230 e. The lowest BCUT2D eigenvalue weighted by Crippen LogP contribution is -2.49. The molecule has 6 nitrogen and oxygen atoms in total. The van der Waals surface area contributed by atoms with Crippen LogP contribution in [0.2, 0.25) is 0 Å². The molecule has 2 rings (SSSR count). The number of carbonyl (C=O) groups is 1. The van der Waals surface area contributed by atoms with Crippen LogP contribution in [0, 0.1) is 19.3 Å². The Morgan fingerprint density at radius 1 is 1.40 bits per heavy atom. The van der Waals surface area contributed by atoms with Gasteiger partial charge in [0.15, 0.2) is 0 Å². The minimum absolute atomic E-state index is 0.0864. The molecular formula is C14H23N3O3. The lowest BCUT2D eigenvalue weighted by atomic mass is 9.79. The first-order valence-corrected chi connectivity index (χ1v) is 6.95. The molecule has 0 atom stereocenters. The molecule has 2 heterocycles. The van der Waals surface area contributed by atoms with Crippen LogP contribution < -0.4 is 5.73 Å². The number of ether oxygens (including phenoxy) is 1. The quantitative estimate of drug-likeness (QED) is 0.890. The van der Waals surface area contributed by atoms with Crippen LogP contribution in [-0.2, 0) is 16.1 Å². The predicted molar refractivity (Wildman–Crippen MR) is 74.0 cm³/mol. The zero-order valence-electron chi connectivity index (χ0n) is 12.4. The van der Waals surface area contributed by atoms with Crippen LogP contribution in [0.4, 0.5) is 0 Å². The average Bonchev–Trinajstić information content (AvgIpc) is 2.79. The summed E-state index contributed by atoms with van der Waals surface area (Å²) in [5, 5.41) is 3.92. The van der Waals surface area contributed by atoms with Gasteiger partial charge in [0.25, 0.3) is 0 Å². The molecule has 1 aromatic heterocycles. The summed E-state index contributed by atoms with van der Waals surface area (Å²) >= 11 is 0. The van der Waals surface area contributed by atoms with Gasteiger partial charge in [-0.3, -0.25) is 4.79 Å². The number of carbonyl (C=O) groups excluding carboxylic acids is 1. The highest BCUT2D eigenvalue weighted by atomic mass is 16.5. The fourth-order valence-corrected chi connectivity index (χ4v) is 2.71. The molecule has 0 spiro atoms. The van der Waals surface area contributed by atoms with Gasteiger partial charge in [-0.25, -0.2) is 0 Å². The number of aryl methyl sites for hydroxylation is 2. The summed E-state index contributed by atoms with van der Waals surface area (Å²) in [6.45, 7) is 5.81. The van der Waals surface area contributed by atoms with Gasteiger partial charge in [0.05, 0.1) is 17.7 Å². The van der Waals surface area contributed by atoms with Crippen molar-refractivity contribution >= 4 is 5.91 Å². The standard InChI is InChI=1S/C14H23N3O3/c1-10-12(11(2)20-16-10)8-17(3)13(18)14(9-15)4-6-19-7-5-14/h4-9,15H2,1-3H3. The first-order chi connectivity index (χ1) is 9.50. The molecule has 1 aromatic rings. The number of nitrogens with zero attached hydrogens (tertiary/aromatic N) is 2. The Labute approximate surface area is 119 Å². The summed E-state index contributed by atoms with van der Waals surface area (Å²) < 4.78 is 10.5. The lowest BCUT2D eigenvalue weighted by molar-refractivity contribution is -0.146. The molecule has 1 aliphatic heterocycles. The van der Waals surface area contributed by atoms with Gasteiger partial charge in [-0.15, -0.1) is 0 Å². The van der Waals surface area contributed by atoms with E-state index in [1.807, 2.05) is 13.8 Å². The topological polar surface area (TPSA) is 81.6 Å². The second-order valence-electron chi connectivity index (χ2n) is 5.56. The van der Waals surface area contributed by atoms with E-state index in [4.69, 9.17) is 15.0 Å². The van der Waals surface area contributed by atoms with Gasteiger partial charge < -0.3 is 19.9 Å². The second kappa shape index (κ2) is 5.93. The lowest BCUT2D eigenvalue weighted by Gasteiger charge is -2.37. The number of hydrogen-bond donors (Lipinski definition) is 1. The Morgan fingerprint density at radius 2 is 2.05 bits per heavy atom. The maximum atomic E-state index is 12.7. The summed E-state index contributed by atoms with van der Waals surface area (Å²) in [7, 11) is 1.81. The fourth-order valence-electron chi connectivity index (χ4n) is 2.71. The Kier molecular flexibility index (Phi) is 4.45. The Balaban J connectivity index is 2.11. The number of nitrogens with two attached hydrogens (primary N) is 1. The van der Waals surface area contributed by atoms with E-state index in [0.29, 0.717) is 39.1 Å². The third-order valence-corrected chi connectivity index (χ3v) is 4.22. The van der Waals surface area contributed by atoms with Crippen molar-refractivity contribution in [3.63, 3.8) is 0 Å². The van der Waals surface area contributed by atoms with E-state index in [0.717, 1.165) is 17.0 Å². The highest BCUT2D eigenvalue weighted by molar-refractivity contribution is 5.83. The van der Waals surface area contributed by atoms with Crippen molar-refractivity contribution in [1.82, 2.24) is 10.1 Å². The van der Waals surface area contributed by atoms with E-state index in [2.05, 4.69) is 5.16 Å². The highest BCUT2D eigenvalue weighted by Crippen LogP contribution is 2.32. The molecule has 20 heavy (non-hydrogen) atoms. The van der Waals surface area contributed by atoms with E-state index >= 15 is 0 Å². The van der Waals surface area contributed by atoms with Gasteiger partial charge in [-0.1, -0.05) is 5.16 Å². The van der Waals surface area contributed by atoms with Crippen molar-refractivity contribution < 1.29 is 14.1 Å². The van der Waals surface area contributed by atoms with Crippen LogP contribution in [0.1, 0.15) is 29.9 Å². The van der Waals surface area contributed by atoms with Crippen LogP contribution in [0.15, 0.2) is 4.52 Å². The Hall–Kier alpha value is -1.40. The average molecular weight is 281 g/mol. The van der Waals surface area contributed by atoms with Crippen molar-refractivity contribution in [1.29, 1.82) is 0 Å². The molecule has 0 aliphatic carbocycles. The molecule has 1 fully saturated rings. The summed E-state index contributed by atoms with van der Waals surface area (Å²) in [5.74, 6) is 0.847. The SMILES string of the molecule is Cc1noc(C)c1CN(C)C(=O)C1(CN)CCOCC1. The normalized spacial score (nSPS) is 18.0. The van der Waals surface area contributed by atoms with E-state index in [-0.39, 0.29) is 5.91 Å². The van der Waals surface area contributed by atoms with Crippen LogP contribution in [0.3, 0.4) is 0 Å². The monoisotopic (exact) mass is 281 g/mol. The maximum Gasteiger partial charge on any atom is 0.230 e. The van der Waals surface area contributed by atoms with Crippen LogP contribution in [0.5, 0.6) is 0 Å². The molecule has 0 radical (unpaired) electrons. The van der Waals surface area contributed by atoms with Crippen molar-refractivity contribution in [2.45, 2.75) is 33.2 Å². The molecular weight excluding hydrogens is 258 g/mol. The summed E-state index contributed by atoms with van der Waals surface area (Å²) in [4.78, 5) is 14.5. The summed E-state index contributed by atoms with van der Waals surface area (Å²) in [5.41, 5.74) is 7.20. The van der Waals surface area contributed by atoms with E-state index in [1.165, 1.54) is 0 Å². The van der Waals surface area contributed by atoms with E-state index in [1.54, 1.807) is 11.9 Å². The van der Waals surface area contributed by atoms with E-state index < -0.39 is 5.41 Å². The number of aromatic nitrogens is 1. The first-order valence-electron chi connectivity index (χ1n) is 6.95. The van der Waals surface area contributed by atoms with Gasteiger partial charge in [0.1, 0.15) is 5.76 Å². The van der Waals surface area contributed by atoms with Gasteiger partial charge in [-0.2, -0.15) is 0 Å². The molecule has 0 aromatic carbocycles. The van der Waals surface area contributed by atoms with Crippen molar-refractivity contribution in [2.24, 2.45) is 11.1 Å². The number of hydrogen-bond acceptors (Lipinski definition) is 5. The van der Waals surface area contributed by atoms with Gasteiger partial charge >= 0.3 is 0 Å². The molecule has 6 heteroatoms. The van der Waals surface area contributed by atoms with E-state index in [9.17, 15) is 4.79 Å². The zero-order chi connectivity index (χ0) is 14.8. The molecule has 1 aliphatic rings. The van der Waals surface area contributed by atoms with Crippen LogP contribution in [-0.4, -0.2) is 42.8 Å². The van der Waals surface area contributed by atoms with Crippen LogP contribution in [0.25, 0.3) is 0 Å². The molecule has 1 amide bonds. The first kappa shape index (κ1) is 15.0. The molecule has 112 valence electrons. The Morgan fingerprint density at radius 3 is 2.55 bits per heavy atom. The maximum absolute atomic E-state index is 12.7. The largest absolute Gasteiger partial charge is 0.381 e. The van der Waals surface area contributed by atoms with Crippen molar-refractivity contribution in [3.8, 4) is 0 Å². The molecule has 2 N–H and O–H groups in total. The second-order valence-corrected chi connectivity index (χ2v) is 5.56. The van der Waals surface area contributed by atoms with Crippen molar-refractivity contribution in [3.05, 3.63) is 17.0 Å². The minimum atomic E-state index is -0.480. The van der Waals surface area contributed by atoms with Gasteiger partial charge in [-0.05, 0) is 26.7 Å². The van der Waals surface area contributed by atoms with Crippen LogP contribution >= 0.6 is 0 Å². The molecule has 0 bridgehead atoms. The summed E-state index contributed by atoms with van der Waals surface area (Å²) in [6, 6.07) is 0. The van der Waals surface area contributed by atoms with Gasteiger partial charge in [0.2, 0.25) is 5.91 Å². The fraction of sp³-hybridized carbons (Fsp3) is 0.714. The third-order valence-electron chi connectivity index (χ3n) is 4.22. The van der Waals surface area contributed by atoms with Gasteiger partial charge in [0, 0.05) is 32.4 Å². The minimum Gasteiger partial charge on any atom is -0.381 e. The van der Waals surface area contributed by atoms with Crippen molar-refractivity contribution in [2.75, 3.05) is 26.8 Å². The predicted octanol–water partition coefficient (Wildman–Crippen LogP) is 1.01. The highest BCUT2D eigenvalue weighted by Gasteiger charge is 2.40. The number of rotatable bonds is 4. The Bertz CT molecular complexity index is 459. The molecule has 0 unspecified atom stereocenters. The number of amides is 1. The summed E-state index contributed by atoms with van der Waals surface area (Å²) in [6.07, 6.45) is 1.38. The molecule has 1 saturated heterocycles. The third kappa shape index (κ3) is 2.71.